The zero-order valence-electron chi connectivity index (χ0n) is 13.4. The molecule has 0 spiro atoms. The topological polar surface area (TPSA) is 105 Å². The second kappa shape index (κ2) is 6.77. The maximum absolute atomic E-state index is 12.2. The molecule has 1 saturated carbocycles. The maximum atomic E-state index is 12.2. The van der Waals surface area contributed by atoms with E-state index in [2.05, 4.69) is 20.6 Å². The van der Waals surface area contributed by atoms with Crippen LogP contribution >= 0.6 is 0 Å². The van der Waals surface area contributed by atoms with Crippen LogP contribution in [-0.4, -0.2) is 28.2 Å². The summed E-state index contributed by atoms with van der Waals surface area (Å²) in [5.74, 6) is -0.487. The third-order valence-electron chi connectivity index (χ3n) is 4.22. The number of carbonyl (C=O) groups excluding carboxylic acids is 2. The van der Waals surface area contributed by atoms with Gasteiger partial charge in [-0.2, -0.15) is 0 Å². The Balaban J connectivity index is 1.80. The first-order valence-corrected chi connectivity index (χ1v) is 8.07. The molecule has 8 heteroatoms. The van der Waals surface area contributed by atoms with Gasteiger partial charge in [-0.05, 0) is 38.0 Å². The summed E-state index contributed by atoms with van der Waals surface area (Å²) in [6, 6.07) is 5.20. The fraction of sp³-hybridized carbons (Fsp3) is 0.438. The van der Waals surface area contributed by atoms with Gasteiger partial charge in [-0.3, -0.25) is 14.8 Å². The molecule has 2 aromatic rings. The van der Waals surface area contributed by atoms with Crippen molar-refractivity contribution in [1.82, 2.24) is 20.4 Å². The van der Waals surface area contributed by atoms with Crippen LogP contribution in [0.2, 0.25) is 0 Å². The number of nitrogens with zero attached hydrogens (tertiary/aromatic N) is 1. The van der Waals surface area contributed by atoms with Crippen molar-refractivity contribution in [3.05, 3.63) is 34.2 Å². The van der Waals surface area contributed by atoms with Crippen LogP contribution in [0.25, 0.3) is 11.0 Å². The molecule has 1 aliphatic carbocycles. The first kappa shape index (κ1) is 16.1. The Morgan fingerprint density at radius 1 is 1.29 bits per heavy atom. The predicted molar refractivity (Wildman–Crippen MR) is 87.7 cm³/mol. The highest BCUT2D eigenvalue weighted by Gasteiger charge is 2.21. The molecule has 1 heterocycles. The molecule has 1 aromatic carbocycles. The standard InChI is InChI=1S/C16H20N4O4/c1-2-24-16(23)19-18-14(21)10-7-8-13-12(9-10)17-15(22)20(13)11-5-3-4-6-11/h7-9,11H,2-6H2,1H3,(H,17,22)(H,18,21)(H,19,23). The molecule has 0 radical (unpaired) electrons. The normalized spacial score (nSPS) is 14.7. The summed E-state index contributed by atoms with van der Waals surface area (Å²) in [6.07, 6.45) is 3.53. The van der Waals surface area contributed by atoms with Crippen LogP contribution in [0.3, 0.4) is 0 Å². The molecule has 0 saturated heterocycles. The smallest absolute Gasteiger partial charge is 0.426 e. The Labute approximate surface area is 138 Å². The van der Waals surface area contributed by atoms with Crippen molar-refractivity contribution in [1.29, 1.82) is 0 Å². The first-order chi connectivity index (χ1) is 11.6. The first-order valence-electron chi connectivity index (χ1n) is 8.07. The monoisotopic (exact) mass is 332 g/mol. The van der Waals surface area contributed by atoms with Gasteiger partial charge in [-0.15, -0.1) is 0 Å². The quantitative estimate of drug-likeness (QED) is 0.746. The summed E-state index contributed by atoms with van der Waals surface area (Å²) in [4.78, 5) is 38.3. The number of hydrogen-bond acceptors (Lipinski definition) is 4. The number of aromatic amines is 1. The number of hydrogen-bond donors (Lipinski definition) is 3. The molecular weight excluding hydrogens is 312 g/mol. The summed E-state index contributed by atoms with van der Waals surface area (Å²) in [7, 11) is 0. The summed E-state index contributed by atoms with van der Waals surface area (Å²) in [5, 5.41) is 0. The van der Waals surface area contributed by atoms with E-state index in [9.17, 15) is 14.4 Å². The lowest BCUT2D eigenvalue weighted by Gasteiger charge is -2.11. The minimum atomic E-state index is -0.729. The van der Waals surface area contributed by atoms with Crippen molar-refractivity contribution >= 4 is 23.0 Å². The zero-order chi connectivity index (χ0) is 17.1. The van der Waals surface area contributed by atoms with Gasteiger partial charge >= 0.3 is 11.8 Å². The van der Waals surface area contributed by atoms with Gasteiger partial charge in [0, 0.05) is 11.6 Å². The number of carbonyl (C=O) groups is 2. The number of aromatic nitrogens is 2. The average Bonchev–Trinajstić information content (AvgIpc) is 3.18. The molecule has 2 amide bonds. The van der Waals surface area contributed by atoms with Crippen LogP contribution in [0.1, 0.15) is 49.0 Å². The molecule has 1 fully saturated rings. The molecule has 24 heavy (non-hydrogen) atoms. The largest absolute Gasteiger partial charge is 0.449 e. The lowest BCUT2D eigenvalue weighted by Crippen LogP contribution is -2.41. The van der Waals surface area contributed by atoms with Crippen molar-refractivity contribution in [2.24, 2.45) is 0 Å². The number of nitrogens with one attached hydrogen (secondary N) is 3. The Hall–Kier alpha value is -2.77. The summed E-state index contributed by atoms with van der Waals surface area (Å²) in [5.41, 5.74) is 6.00. The third-order valence-corrected chi connectivity index (χ3v) is 4.22. The van der Waals surface area contributed by atoms with Crippen LogP contribution < -0.4 is 16.5 Å². The molecule has 128 valence electrons. The third kappa shape index (κ3) is 3.12. The fourth-order valence-electron chi connectivity index (χ4n) is 3.14. The summed E-state index contributed by atoms with van der Waals surface area (Å²) >= 11 is 0. The number of hydrazine groups is 1. The van der Waals surface area contributed by atoms with Gasteiger partial charge in [-0.1, -0.05) is 12.8 Å². The molecule has 1 aliphatic rings. The number of H-pyrrole nitrogens is 1. The molecule has 0 unspecified atom stereocenters. The molecular formula is C16H20N4O4. The highest BCUT2D eigenvalue weighted by atomic mass is 16.5. The lowest BCUT2D eigenvalue weighted by molar-refractivity contribution is 0.0913. The van der Waals surface area contributed by atoms with Crippen LogP contribution in [-0.2, 0) is 4.74 Å². The fourth-order valence-corrected chi connectivity index (χ4v) is 3.14. The van der Waals surface area contributed by atoms with Gasteiger partial charge in [0.05, 0.1) is 17.6 Å². The summed E-state index contributed by atoms with van der Waals surface area (Å²) in [6.45, 7) is 1.88. The Morgan fingerprint density at radius 2 is 2.04 bits per heavy atom. The number of fused-ring (bicyclic) bond motifs is 1. The van der Waals surface area contributed by atoms with Crippen molar-refractivity contribution in [3.8, 4) is 0 Å². The van der Waals surface area contributed by atoms with Gasteiger partial charge in [0.25, 0.3) is 5.91 Å². The van der Waals surface area contributed by atoms with Gasteiger partial charge in [0.15, 0.2) is 0 Å². The van der Waals surface area contributed by atoms with E-state index >= 15 is 0 Å². The maximum Gasteiger partial charge on any atom is 0.426 e. The van der Waals surface area contributed by atoms with Crippen molar-refractivity contribution in [2.75, 3.05) is 6.61 Å². The SMILES string of the molecule is CCOC(=O)NNC(=O)c1ccc2c(c1)[nH]c(=O)n2C1CCCC1. The molecule has 1 aromatic heterocycles. The second-order valence-corrected chi connectivity index (χ2v) is 5.77. The number of imidazole rings is 1. The van der Waals surface area contributed by atoms with Crippen LogP contribution in [0, 0.1) is 0 Å². The zero-order valence-corrected chi connectivity index (χ0v) is 13.4. The van der Waals surface area contributed by atoms with E-state index in [-0.39, 0.29) is 18.3 Å². The highest BCUT2D eigenvalue weighted by molar-refractivity contribution is 5.97. The average molecular weight is 332 g/mol. The van der Waals surface area contributed by atoms with Crippen molar-refractivity contribution in [2.45, 2.75) is 38.6 Å². The van der Waals surface area contributed by atoms with Crippen LogP contribution in [0.5, 0.6) is 0 Å². The molecule has 3 N–H and O–H groups in total. The molecule has 3 rings (SSSR count). The van der Waals surface area contributed by atoms with Gasteiger partial charge in [0.2, 0.25) is 0 Å². The molecule has 0 aliphatic heterocycles. The second-order valence-electron chi connectivity index (χ2n) is 5.77. The Morgan fingerprint density at radius 3 is 2.75 bits per heavy atom. The lowest BCUT2D eigenvalue weighted by atomic mass is 10.1. The highest BCUT2D eigenvalue weighted by Crippen LogP contribution is 2.30. The van der Waals surface area contributed by atoms with Crippen LogP contribution in [0.15, 0.2) is 23.0 Å². The van der Waals surface area contributed by atoms with Crippen LogP contribution in [0.4, 0.5) is 4.79 Å². The van der Waals surface area contributed by atoms with Gasteiger partial charge in [-0.25, -0.2) is 15.0 Å². The van der Waals surface area contributed by atoms with E-state index in [0.717, 1.165) is 31.2 Å². The Kier molecular flexibility index (Phi) is 4.54. The number of rotatable bonds is 3. The number of amides is 2. The van der Waals surface area contributed by atoms with E-state index < -0.39 is 12.0 Å². The predicted octanol–water partition coefficient (Wildman–Crippen LogP) is 1.84. The van der Waals surface area contributed by atoms with E-state index in [1.54, 1.807) is 29.7 Å². The van der Waals surface area contributed by atoms with Gasteiger partial charge < -0.3 is 9.72 Å². The van der Waals surface area contributed by atoms with E-state index in [0.29, 0.717) is 11.1 Å². The minimum Gasteiger partial charge on any atom is -0.449 e. The molecule has 8 nitrogen and oxygen atoms in total. The minimum absolute atomic E-state index is 0.154. The van der Waals surface area contributed by atoms with E-state index in [1.807, 2.05) is 0 Å². The number of benzene rings is 1. The van der Waals surface area contributed by atoms with Gasteiger partial charge in [0.1, 0.15) is 0 Å². The van der Waals surface area contributed by atoms with Crippen molar-refractivity contribution < 1.29 is 14.3 Å². The molecule has 0 bridgehead atoms. The number of ether oxygens (including phenoxy) is 1. The van der Waals surface area contributed by atoms with E-state index in [4.69, 9.17) is 0 Å². The Bertz CT molecular complexity index is 817. The molecule has 0 atom stereocenters. The van der Waals surface area contributed by atoms with Crippen molar-refractivity contribution in [3.63, 3.8) is 0 Å². The summed E-state index contributed by atoms with van der Waals surface area (Å²) < 4.78 is 6.44. The van der Waals surface area contributed by atoms with E-state index in [1.165, 1.54) is 0 Å².